The first-order valence-corrected chi connectivity index (χ1v) is 17.6. The molecule has 1 aliphatic carbocycles. The summed E-state index contributed by atoms with van der Waals surface area (Å²) in [6, 6.07) is 68.3. The van der Waals surface area contributed by atoms with Gasteiger partial charge in [-0.25, -0.2) is 0 Å². The van der Waals surface area contributed by atoms with Crippen LogP contribution in [0.25, 0.3) is 60.9 Å². The highest BCUT2D eigenvalue weighted by molar-refractivity contribution is 6.12. The van der Waals surface area contributed by atoms with E-state index in [2.05, 4.69) is 193 Å². The van der Waals surface area contributed by atoms with Crippen LogP contribution < -0.4 is 4.74 Å². The van der Waals surface area contributed by atoms with E-state index in [1.807, 2.05) is 0 Å². The van der Waals surface area contributed by atoms with Crippen LogP contribution in [-0.2, 0) is 5.41 Å². The van der Waals surface area contributed by atoms with Crippen LogP contribution in [-0.4, -0.2) is 4.57 Å². The van der Waals surface area contributed by atoms with Crippen molar-refractivity contribution in [2.24, 2.45) is 0 Å². The van der Waals surface area contributed by atoms with E-state index in [0.29, 0.717) is 0 Å². The Labute approximate surface area is 296 Å². The van der Waals surface area contributed by atoms with Crippen molar-refractivity contribution >= 4 is 21.8 Å². The van der Waals surface area contributed by atoms with Gasteiger partial charge in [0.15, 0.2) is 5.75 Å². The second-order valence-electron chi connectivity index (χ2n) is 13.6. The third kappa shape index (κ3) is 3.87. The molecule has 0 fully saturated rings. The van der Waals surface area contributed by atoms with Crippen LogP contribution in [0.1, 0.15) is 22.3 Å². The van der Waals surface area contributed by atoms with E-state index < -0.39 is 5.41 Å². The van der Waals surface area contributed by atoms with Gasteiger partial charge in [0.25, 0.3) is 0 Å². The van der Waals surface area contributed by atoms with Crippen molar-refractivity contribution in [3.8, 4) is 50.6 Å². The van der Waals surface area contributed by atoms with Crippen LogP contribution in [0.5, 0.6) is 11.5 Å². The van der Waals surface area contributed by atoms with Gasteiger partial charge in [-0.15, -0.1) is 0 Å². The SMILES string of the molecule is c1ccc(-c2cc(-c3ccccc3)cc(-n3c4ccccc4c4ccc5c(c43)Oc3ccccc3C53c4ccccc4-c4ccccc43)c2)cc1. The molecule has 0 saturated heterocycles. The molecule has 11 rings (SSSR count). The fourth-order valence-electron chi connectivity index (χ4n) is 8.96. The van der Waals surface area contributed by atoms with E-state index >= 15 is 0 Å². The van der Waals surface area contributed by atoms with Crippen molar-refractivity contribution in [2.75, 3.05) is 0 Å². The largest absolute Gasteiger partial charge is 0.454 e. The topological polar surface area (TPSA) is 14.2 Å². The number of hydrogen-bond acceptors (Lipinski definition) is 1. The van der Waals surface area contributed by atoms with E-state index in [1.165, 1.54) is 60.8 Å². The molecule has 51 heavy (non-hydrogen) atoms. The lowest BCUT2D eigenvalue weighted by atomic mass is 9.66. The molecule has 2 nitrogen and oxygen atoms in total. The zero-order chi connectivity index (χ0) is 33.5. The lowest BCUT2D eigenvalue weighted by Gasteiger charge is -2.39. The monoisotopic (exact) mass is 649 g/mol. The molecule has 0 radical (unpaired) electrons. The summed E-state index contributed by atoms with van der Waals surface area (Å²) in [5.74, 6) is 1.80. The Hall–Kier alpha value is -6.64. The van der Waals surface area contributed by atoms with E-state index in [4.69, 9.17) is 4.74 Å². The molecule has 238 valence electrons. The molecule has 8 aromatic carbocycles. The van der Waals surface area contributed by atoms with Gasteiger partial charge in [-0.1, -0.05) is 158 Å². The van der Waals surface area contributed by atoms with Crippen LogP contribution >= 0.6 is 0 Å². The van der Waals surface area contributed by atoms with Crippen molar-refractivity contribution < 1.29 is 4.74 Å². The molecule has 9 aromatic rings. The normalized spacial score (nSPS) is 13.4. The number of ether oxygens (including phenoxy) is 1. The number of hydrogen-bond donors (Lipinski definition) is 0. The number of rotatable bonds is 3. The van der Waals surface area contributed by atoms with Crippen LogP contribution in [0.15, 0.2) is 188 Å². The molecular formula is C49H31NO. The summed E-state index contributed by atoms with van der Waals surface area (Å²) >= 11 is 0. The van der Waals surface area contributed by atoms with Crippen molar-refractivity contribution in [2.45, 2.75) is 5.41 Å². The van der Waals surface area contributed by atoms with Gasteiger partial charge in [-0.2, -0.15) is 0 Å². The molecule has 1 spiro atoms. The zero-order valence-corrected chi connectivity index (χ0v) is 27.8. The van der Waals surface area contributed by atoms with Crippen LogP contribution in [0.4, 0.5) is 0 Å². The molecule has 0 bridgehead atoms. The summed E-state index contributed by atoms with van der Waals surface area (Å²) in [6.07, 6.45) is 0. The van der Waals surface area contributed by atoms with Gasteiger partial charge in [-0.05, 0) is 74.8 Å². The number of aromatic nitrogens is 1. The van der Waals surface area contributed by atoms with Crippen molar-refractivity contribution in [1.82, 2.24) is 4.57 Å². The fraction of sp³-hybridized carbons (Fsp3) is 0.0204. The highest BCUT2D eigenvalue weighted by atomic mass is 16.5. The summed E-state index contributed by atoms with van der Waals surface area (Å²) in [5.41, 5.74) is 15.0. The quantitative estimate of drug-likeness (QED) is 0.186. The average molecular weight is 650 g/mol. The van der Waals surface area contributed by atoms with E-state index in [0.717, 1.165) is 33.8 Å². The Kier molecular flexibility index (Phi) is 5.91. The Bertz CT molecular complexity index is 2720. The van der Waals surface area contributed by atoms with Gasteiger partial charge in [0, 0.05) is 27.6 Å². The molecule has 2 heterocycles. The summed E-state index contributed by atoms with van der Waals surface area (Å²) in [4.78, 5) is 0. The highest BCUT2D eigenvalue weighted by Crippen LogP contribution is 2.63. The molecule has 0 atom stereocenters. The van der Waals surface area contributed by atoms with Gasteiger partial charge in [0.1, 0.15) is 5.75 Å². The second kappa shape index (κ2) is 10.7. The maximum Gasteiger partial charge on any atom is 0.156 e. The predicted molar refractivity (Wildman–Crippen MR) is 209 cm³/mol. The number of fused-ring (bicyclic) bond motifs is 13. The van der Waals surface area contributed by atoms with Crippen LogP contribution in [0.2, 0.25) is 0 Å². The molecule has 0 N–H and O–H groups in total. The molecule has 2 heteroatoms. The molecule has 0 saturated carbocycles. The maximum atomic E-state index is 7.21. The molecule has 0 amide bonds. The van der Waals surface area contributed by atoms with Gasteiger partial charge < -0.3 is 9.30 Å². The predicted octanol–water partition coefficient (Wildman–Crippen LogP) is 12.6. The Morgan fingerprint density at radius 3 is 1.61 bits per heavy atom. The Morgan fingerprint density at radius 2 is 0.941 bits per heavy atom. The minimum absolute atomic E-state index is 0.534. The lowest BCUT2D eigenvalue weighted by Crippen LogP contribution is -2.32. The molecule has 0 unspecified atom stereocenters. The Balaban J connectivity index is 1.29. The summed E-state index contributed by atoms with van der Waals surface area (Å²) in [5, 5.41) is 2.37. The minimum atomic E-state index is -0.534. The van der Waals surface area contributed by atoms with Gasteiger partial charge in [0.05, 0.1) is 16.4 Å². The summed E-state index contributed by atoms with van der Waals surface area (Å²) in [7, 11) is 0. The summed E-state index contributed by atoms with van der Waals surface area (Å²) < 4.78 is 9.65. The molecule has 1 aromatic heterocycles. The van der Waals surface area contributed by atoms with Gasteiger partial charge >= 0.3 is 0 Å². The molecular weight excluding hydrogens is 619 g/mol. The van der Waals surface area contributed by atoms with Gasteiger partial charge in [0.2, 0.25) is 0 Å². The summed E-state index contributed by atoms with van der Waals surface area (Å²) in [6.45, 7) is 0. The first-order valence-electron chi connectivity index (χ1n) is 17.6. The first kappa shape index (κ1) is 28.2. The number of para-hydroxylation sites is 2. The fourth-order valence-corrected chi connectivity index (χ4v) is 8.96. The lowest BCUT2D eigenvalue weighted by molar-refractivity contribution is 0.440. The van der Waals surface area contributed by atoms with Crippen molar-refractivity contribution in [3.05, 3.63) is 210 Å². The van der Waals surface area contributed by atoms with Crippen LogP contribution in [0, 0.1) is 0 Å². The smallest absolute Gasteiger partial charge is 0.156 e. The molecule has 2 aliphatic rings. The molecule has 1 aliphatic heterocycles. The van der Waals surface area contributed by atoms with E-state index in [9.17, 15) is 0 Å². The van der Waals surface area contributed by atoms with E-state index in [1.54, 1.807) is 0 Å². The maximum absolute atomic E-state index is 7.21. The number of benzene rings is 8. The standard InChI is InChI=1S/C49H31NO/c1-3-15-32(16-4-1)34-29-35(33-17-5-2-6-18-33)31-36(30-34)50-45-25-13-9-21-39(45)40-27-28-44-48(47(40)50)51-46-26-14-12-24-43(46)49(44)41-22-10-7-19-37(41)38-20-8-11-23-42(38)49/h1-31H. The third-order valence-corrected chi connectivity index (χ3v) is 11.0. The second-order valence-corrected chi connectivity index (χ2v) is 13.6. The number of nitrogens with zero attached hydrogens (tertiary/aromatic N) is 1. The van der Waals surface area contributed by atoms with Crippen molar-refractivity contribution in [1.29, 1.82) is 0 Å². The Morgan fingerprint density at radius 1 is 0.392 bits per heavy atom. The zero-order valence-electron chi connectivity index (χ0n) is 27.8. The average Bonchev–Trinajstić information content (AvgIpc) is 3.70. The minimum Gasteiger partial charge on any atom is -0.454 e. The van der Waals surface area contributed by atoms with E-state index in [-0.39, 0.29) is 0 Å². The van der Waals surface area contributed by atoms with Crippen LogP contribution in [0.3, 0.4) is 0 Å². The van der Waals surface area contributed by atoms with Crippen molar-refractivity contribution in [3.63, 3.8) is 0 Å². The first-order chi connectivity index (χ1) is 25.3. The highest BCUT2D eigenvalue weighted by Gasteiger charge is 2.51. The van der Waals surface area contributed by atoms with Gasteiger partial charge in [-0.3, -0.25) is 0 Å². The third-order valence-electron chi connectivity index (χ3n) is 11.0.